The second-order valence-electron chi connectivity index (χ2n) is 11.9. The van der Waals surface area contributed by atoms with Crippen LogP contribution in [0.15, 0.2) is 158 Å². The van der Waals surface area contributed by atoms with E-state index in [1.807, 2.05) is 12.1 Å². The highest BCUT2D eigenvalue weighted by molar-refractivity contribution is 6.23. The molecule has 0 saturated heterocycles. The van der Waals surface area contributed by atoms with Crippen LogP contribution in [0, 0.1) is 0 Å². The molecule has 0 aliphatic carbocycles. The molecule has 0 bridgehead atoms. The van der Waals surface area contributed by atoms with Gasteiger partial charge in [0, 0.05) is 22.0 Å². The minimum atomic E-state index is 0.933. The first kappa shape index (κ1) is 25.1. The highest BCUT2D eigenvalue weighted by Gasteiger charge is 2.17. The van der Waals surface area contributed by atoms with Crippen LogP contribution in [0.3, 0.4) is 0 Å². The molecule has 4 nitrogen and oxygen atoms in total. The van der Waals surface area contributed by atoms with E-state index in [0.29, 0.717) is 0 Å². The summed E-state index contributed by atoms with van der Waals surface area (Å²) in [5, 5.41) is 6.08. The summed E-state index contributed by atoms with van der Waals surface area (Å²) in [4.78, 5) is 10.3. The van der Waals surface area contributed by atoms with Gasteiger partial charge in [0.15, 0.2) is 0 Å². The van der Waals surface area contributed by atoms with Crippen molar-refractivity contribution >= 4 is 60.2 Å². The average Bonchev–Trinajstić information content (AvgIpc) is 3.71. The molecule has 0 amide bonds. The fourth-order valence-electron chi connectivity index (χ4n) is 7.17. The van der Waals surface area contributed by atoms with Crippen molar-refractivity contribution in [2.45, 2.75) is 0 Å². The van der Waals surface area contributed by atoms with Gasteiger partial charge in [-0.3, -0.25) is 8.97 Å². The van der Waals surface area contributed by atoms with Crippen LogP contribution < -0.4 is 0 Å². The van der Waals surface area contributed by atoms with Gasteiger partial charge in [0.1, 0.15) is 11.5 Å². The lowest BCUT2D eigenvalue weighted by atomic mass is 9.97. The maximum Gasteiger partial charge on any atom is 0.147 e. The lowest BCUT2D eigenvalue weighted by Crippen LogP contribution is -1.97. The topological polar surface area (TPSA) is 35.1 Å². The molecular weight excluding hydrogens is 560 g/mol. The molecule has 7 aromatic carbocycles. The number of imidazole rings is 2. The van der Waals surface area contributed by atoms with Gasteiger partial charge in [-0.1, -0.05) is 115 Å². The molecule has 46 heavy (non-hydrogen) atoms. The van der Waals surface area contributed by atoms with Gasteiger partial charge in [0.2, 0.25) is 0 Å². The Morgan fingerprint density at radius 3 is 1.91 bits per heavy atom. The Bertz CT molecular complexity index is 2790. The van der Waals surface area contributed by atoms with Gasteiger partial charge >= 0.3 is 0 Å². The molecule has 0 saturated carbocycles. The molecule has 0 radical (unpaired) electrons. The minimum absolute atomic E-state index is 0.933. The Kier molecular flexibility index (Phi) is 5.25. The monoisotopic (exact) mass is 586 g/mol. The Morgan fingerprint density at radius 2 is 1.07 bits per heavy atom. The lowest BCUT2D eigenvalue weighted by Gasteiger charge is -2.13. The van der Waals surface area contributed by atoms with Crippen molar-refractivity contribution in [1.82, 2.24) is 18.9 Å². The normalized spacial score (nSPS) is 11.9. The zero-order chi connectivity index (χ0) is 30.2. The number of benzene rings is 7. The van der Waals surface area contributed by atoms with Crippen LogP contribution in [0.4, 0.5) is 0 Å². The lowest BCUT2D eigenvalue weighted by molar-refractivity contribution is 1.10. The molecule has 3 aromatic heterocycles. The Hall–Kier alpha value is -6.26. The van der Waals surface area contributed by atoms with Crippen molar-refractivity contribution in [2.24, 2.45) is 0 Å². The van der Waals surface area contributed by atoms with E-state index in [1.54, 1.807) is 0 Å². The highest BCUT2D eigenvalue weighted by Crippen LogP contribution is 2.38. The summed E-state index contributed by atoms with van der Waals surface area (Å²) in [6.07, 6.45) is 0. The molecule has 0 atom stereocenters. The third kappa shape index (κ3) is 3.61. The fraction of sp³-hybridized carbons (Fsp3) is 0. The van der Waals surface area contributed by atoms with Crippen LogP contribution in [-0.2, 0) is 0 Å². The van der Waals surface area contributed by atoms with Crippen LogP contribution in [-0.4, -0.2) is 18.9 Å². The van der Waals surface area contributed by atoms with Gasteiger partial charge in [-0.05, 0) is 69.8 Å². The third-order valence-electron chi connectivity index (χ3n) is 9.29. The summed E-state index contributed by atoms with van der Waals surface area (Å²) in [5.41, 5.74) is 10.8. The molecule has 0 N–H and O–H groups in total. The van der Waals surface area contributed by atoms with E-state index < -0.39 is 0 Å². The first-order chi connectivity index (χ1) is 22.8. The molecule has 10 aromatic rings. The number of para-hydroxylation sites is 5. The van der Waals surface area contributed by atoms with Crippen molar-refractivity contribution < 1.29 is 0 Å². The van der Waals surface area contributed by atoms with Crippen LogP contribution in [0.2, 0.25) is 0 Å². The molecule has 10 rings (SSSR count). The molecular formula is C42H26N4. The second kappa shape index (κ2) is 9.62. The van der Waals surface area contributed by atoms with Crippen molar-refractivity contribution in [2.75, 3.05) is 0 Å². The predicted octanol–water partition coefficient (Wildman–Crippen LogP) is 10.6. The maximum atomic E-state index is 5.20. The van der Waals surface area contributed by atoms with E-state index in [9.17, 15) is 0 Å². The summed E-state index contributed by atoms with van der Waals surface area (Å²) in [5.74, 6) is 0.933. The third-order valence-corrected chi connectivity index (χ3v) is 9.29. The molecule has 0 fully saturated rings. The van der Waals surface area contributed by atoms with Crippen LogP contribution in [0.1, 0.15) is 0 Å². The summed E-state index contributed by atoms with van der Waals surface area (Å²) >= 11 is 0. The Balaban J connectivity index is 1.18. The molecule has 0 spiro atoms. The molecule has 4 heteroatoms. The zero-order valence-electron chi connectivity index (χ0n) is 24.8. The standard InChI is InChI=1S/C42H26N4/c1-2-11-31(12-3-1)45-37-16-8-6-14-35(37)43-41(45)29-20-18-27(19-21-29)30-23-24-33-34-25-22-28-10-4-5-13-32(28)40(34)42-44-36-15-7-9-17-38(36)46(42)39(33)26-30/h1-26H. The fourth-order valence-corrected chi connectivity index (χ4v) is 7.17. The minimum Gasteiger partial charge on any atom is -0.292 e. The summed E-state index contributed by atoms with van der Waals surface area (Å²) in [6.45, 7) is 0. The summed E-state index contributed by atoms with van der Waals surface area (Å²) in [6, 6.07) is 56.0. The SMILES string of the molecule is c1ccc(-n2c(-c3ccc(-c4ccc5c6ccc7ccccc7c6c6nc7ccccc7n6c5c4)cc3)nc3ccccc32)cc1. The van der Waals surface area contributed by atoms with Gasteiger partial charge in [-0.2, -0.15) is 0 Å². The van der Waals surface area contributed by atoms with Gasteiger partial charge in [0.25, 0.3) is 0 Å². The maximum absolute atomic E-state index is 5.20. The number of hydrogen-bond donors (Lipinski definition) is 0. The highest BCUT2D eigenvalue weighted by atomic mass is 15.1. The number of hydrogen-bond acceptors (Lipinski definition) is 2. The largest absolute Gasteiger partial charge is 0.292 e. The smallest absolute Gasteiger partial charge is 0.147 e. The van der Waals surface area contributed by atoms with E-state index in [1.165, 1.54) is 26.9 Å². The molecule has 0 unspecified atom stereocenters. The zero-order valence-corrected chi connectivity index (χ0v) is 24.8. The van der Waals surface area contributed by atoms with E-state index in [2.05, 4.69) is 155 Å². The number of pyridine rings is 1. The number of aromatic nitrogens is 4. The van der Waals surface area contributed by atoms with Crippen molar-refractivity contribution in [3.63, 3.8) is 0 Å². The van der Waals surface area contributed by atoms with Gasteiger partial charge in [-0.15, -0.1) is 0 Å². The van der Waals surface area contributed by atoms with E-state index >= 15 is 0 Å². The number of fused-ring (bicyclic) bond motifs is 11. The van der Waals surface area contributed by atoms with Crippen LogP contribution >= 0.6 is 0 Å². The van der Waals surface area contributed by atoms with Crippen molar-refractivity contribution in [3.05, 3.63) is 158 Å². The molecule has 0 aliphatic rings. The van der Waals surface area contributed by atoms with E-state index in [-0.39, 0.29) is 0 Å². The van der Waals surface area contributed by atoms with Gasteiger partial charge < -0.3 is 0 Å². The Morgan fingerprint density at radius 1 is 0.413 bits per heavy atom. The number of nitrogens with zero attached hydrogens (tertiary/aromatic N) is 4. The van der Waals surface area contributed by atoms with Crippen molar-refractivity contribution in [3.8, 4) is 28.2 Å². The quantitative estimate of drug-likeness (QED) is 0.193. The van der Waals surface area contributed by atoms with Crippen LogP contribution in [0.5, 0.6) is 0 Å². The summed E-state index contributed by atoms with van der Waals surface area (Å²) < 4.78 is 4.59. The first-order valence-corrected chi connectivity index (χ1v) is 15.6. The van der Waals surface area contributed by atoms with Crippen molar-refractivity contribution in [1.29, 1.82) is 0 Å². The van der Waals surface area contributed by atoms with Gasteiger partial charge in [0.05, 0.1) is 27.6 Å². The molecule has 3 heterocycles. The molecule has 0 aliphatic heterocycles. The predicted molar refractivity (Wildman–Crippen MR) is 191 cm³/mol. The average molecular weight is 587 g/mol. The number of rotatable bonds is 3. The Labute approximate surface area is 264 Å². The van der Waals surface area contributed by atoms with Gasteiger partial charge in [-0.25, -0.2) is 9.97 Å². The first-order valence-electron chi connectivity index (χ1n) is 15.6. The second-order valence-corrected chi connectivity index (χ2v) is 11.9. The molecule has 214 valence electrons. The van der Waals surface area contributed by atoms with Crippen LogP contribution in [0.25, 0.3) is 88.4 Å². The van der Waals surface area contributed by atoms with E-state index in [0.717, 1.165) is 61.4 Å². The van der Waals surface area contributed by atoms with E-state index in [4.69, 9.17) is 9.97 Å². The summed E-state index contributed by atoms with van der Waals surface area (Å²) in [7, 11) is 0.